The molecule has 5 amide bonds. The molecule has 1 atom stereocenters. The van der Waals surface area contributed by atoms with Crippen LogP contribution in [0.3, 0.4) is 0 Å². The van der Waals surface area contributed by atoms with Crippen molar-refractivity contribution in [3.63, 3.8) is 0 Å². The number of carbonyl (C=O) groups excluding carboxylic acids is 4. The van der Waals surface area contributed by atoms with Crippen molar-refractivity contribution in [2.45, 2.75) is 19.4 Å². The van der Waals surface area contributed by atoms with Crippen LogP contribution in [0, 0.1) is 5.92 Å². The van der Waals surface area contributed by atoms with Crippen molar-refractivity contribution in [3.05, 3.63) is 0 Å². The Morgan fingerprint density at radius 2 is 1.92 bits per heavy atom. The van der Waals surface area contributed by atoms with Crippen molar-refractivity contribution >= 4 is 23.8 Å². The molecule has 0 aromatic heterocycles. The van der Waals surface area contributed by atoms with Crippen LogP contribution in [0.4, 0.5) is 4.79 Å². The number of carbonyl (C=O) groups is 4. The van der Waals surface area contributed by atoms with Gasteiger partial charge in [0.1, 0.15) is 12.1 Å². The fraction of sp³-hybridized carbons (Fsp3) is 0.733. The second-order valence-electron chi connectivity index (χ2n) is 6.86. The number of likely N-dealkylation sites (N-methyl/N-ethyl adjacent to an activating group) is 1. The van der Waals surface area contributed by atoms with Gasteiger partial charge < -0.3 is 20.4 Å². The summed E-state index contributed by atoms with van der Waals surface area (Å²) in [6, 6.07) is -0.562. The second kappa shape index (κ2) is 6.76. The summed E-state index contributed by atoms with van der Waals surface area (Å²) in [7, 11) is 3.46. The minimum absolute atomic E-state index is 0.127. The fourth-order valence-corrected chi connectivity index (χ4v) is 2.97. The average molecular weight is 339 g/mol. The number of nitrogens with zero attached hydrogens (tertiary/aromatic N) is 3. The highest BCUT2D eigenvalue weighted by Crippen LogP contribution is 2.17. The molecule has 2 rings (SSSR count). The van der Waals surface area contributed by atoms with Crippen molar-refractivity contribution in [3.8, 4) is 0 Å². The first kappa shape index (κ1) is 18.2. The van der Waals surface area contributed by atoms with Gasteiger partial charge in [0.2, 0.25) is 11.8 Å². The minimum atomic E-state index is -0.999. The van der Waals surface area contributed by atoms with Crippen LogP contribution in [0.1, 0.15) is 13.8 Å². The zero-order chi connectivity index (χ0) is 18.1. The largest absolute Gasteiger partial charge is 0.359 e. The highest BCUT2D eigenvalue weighted by atomic mass is 16.2. The summed E-state index contributed by atoms with van der Waals surface area (Å²) >= 11 is 0. The zero-order valence-corrected chi connectivity index (χ0v) is 14.6. The molecule has 9 heteroatoms. The van der Waals surface area contributed by atoms with E-state index in [4.69, 9.17) is 0 Å². The summed E-state index contributed by atoms with van der Waals surface area (Å²) in [5, 5.41) is 5.16. The van der Waals surface area contributed by atoms with Crippen LogP contribution in [0.25, 0.3) is 0 Å². The lowest BCUT2D eigenvalue weighted by Crippen LogP contribution is -2.47. The number of hydrogen-bond acceptors (Lipinski definition) is 5. The Morgan fingerprint density at radius 3 is 2.46 bits per heavy atom. The van der Waals surface area contributed by atoms with E-state index in [1.165, 1.54) is 0 Å². The predicted octanol–water partition coefficient (Wildman–Crippen LogP) is -1.55. The van der Waals surface area contributed by atoms with Crippen molar-refractivity contribution in [2.24, 2.45) is 5.92 Å². The van der Waals surface area contributed by atoms with Crippen molar-refractivity contribution < 1.29 is 19.2 Å². The minimum Gasteiger partial charge on any atom is -0.359 e. The monoisotopic (exact) mass is 339 g/mol. The molecule has 2 fully saturated rings. The highest BCUT2D eigenvalue weighted by molar-refractivity contribution is 6.08. The smallest absolute Gasteiger partial charge is 0.325 e. The first-order chi connectivity index (χ1) is 11.2. The molecule has 134 valence electrons. The van der Waals surface area contributed by atoms with Gasteiger partial charge in [0.25, 0.3) is 5.91 Å². The van der Waals surface area contributed by atoms with Crippen LogP contribution in [0.2, 0.25) is 0 Å². The fourth-order valence-electron chi connectivity index (χ4n) is 2.97. The molecule has 0 spiro atoms. The van der Waals surface area contributed by atoms with E-state index in [0.29, 0.717) is 19.6 Å². The molecule has 0 saturated carbocycles. The number of rotatable bonds is 3. The van der Waals surface area contributed by atoms with Gasteiger partial charge >= 0.3 is 6.03 Å². The lowest BCUT2D eigenvalue weighted by Gasteiger charge is -2.25. The summed E-state index contributed by atoms with van der Waals surface area (Å²) in [4.78, 5) is 53.1. The van der Waals surface area contributed by atoms with Crippen molar-refractivity contribution in [2.75, 3.05) is 46.8 Å². The van der Waals surface area contributed by atoms with Gasteiger partial charge in [-0.3, -0.25) is 19.3 Å². The molecule has 24 heavy (non-hydrogen) atoms. The summed E-state index contributed by atoms with van der Waals surface area (Å²) < 4.78 is 0. The summed E-state index contributed by atoms with van der Waals surface area (Å²) in [5.74, 6) is -1.22. The predicted molar refractivity (Wildman–Crippen MR) is 86.0 cm³/mol. The third kappa shape index (κ3) is 3.66. The van der Waals surface area contributed by atoms with E-state index in [1.807, 2.05) is 11.9 Å². The molecule has 0 radical (unpaired) electrons. The lowest BCUT2D eigenvalue weighted by molar-refractivity contribution is -0.139. The molecular weight excluding hydrogens is 314 g/mol. The first-order valence-corrected chi connectivity index (χ1v) is 7.97. The number of nitrogens with one attached hydrogen (secondary N) is 2. The van der Waals surface area contributed by atoms with E-state index >= 15 is 0 Å². The molecule has 2 aliphatic heterocycles. The van der Waals surface area contributed by atoms with Crippen LogP contribution in [0.5, 0.6) is 0 Å². The van der Waals surface area contributed by atoms with Crippen molar-refractivity contribution in [1.82, 2.24) is 25.3 Å². The Balaban J connectivity index is 2.07. The van der Waals surface area contributed by atoms with E-state index in [9.17, 15) is 19.2 Å². The maximum Gasteiger partial charge on any atom is 0.325 e. The van der Waals surface area contributed by atoms with Gasteiger partial charge in [0.15, 0.2) is 0 Å². The van der Waals surface area contributed by atoms with E-state index in [-0.39, 0.29) is 30.8 Å². The van der Waals surface area contributed by atoms with E-state index < -0.39 is 17.5 Å². The standard InChI is InChI=1S/C15H25N5O4/c1-15(2)13(23)20(14(24)17-15)9-11(21)19-6-5-18(4)7-10(8-19)12(22)16-3/h10H,5-9H2,1-4H3,(H,16,22)(H,17,24)/t10-/m0/s1. The van der Waals surface area contributed by atoms with Crippen LogP contribution in [-0.4, -0.2) is 90.8 Å². The molecule has 2 saturated heterocycles. The van der Waals surface area contributed by atoms with Gasteiger partial charge in [-0.2, -0.15) is 0 Å². The van der Waals surface area contributed by atoms with Crippen molar-refractivity contribution in [1.29, 1.82) is 0 Å². The molecule has 0 bridgehead atoms. The van der Waals surface area contributed by atoms with Crippen LogP contribution in [0.15, 0.2) is 0 Å². The lowest BCUT2D eigenvalue weighted by atomic mass is 10.1. The number of amides is 5. The summed E-state index contributed by atoms with van der Waals surface area (Å²) in [5.41, 5.74) is -0.999. The SMILES string of the molecule is CNC(=O)[C@H]1CN(C)CCN(C(=O)CN2C(=O)NC(C)(C)C2=O)C1. The Hall–Kier alpha value is -2.16. The third-order valence-electron chi connectivity index (χ3n) is 4.43. The normalized spacial score (nSPS) is 24.6. The van der Waals surface area contributed by atoms with E-state index in [1.54, 1.807) is 25.8 Å². The zero-order valence-electron chi connectivity index (χ0n) is 14.6. The Kier molecular flexibility index (Phi) is 5.12. The van der Waals surface area contributed by atoms with Gasteiger partial charge in [0, 0.05) is 33.2 Å². The number of imide groups is 1. The molecule has 9 nitrogen and oxygen atoms in total. The Labute approximate surface area is 141 Å². The van der Waals surface area contributed by atoms with E-state index in [2.05, 4.69) is 10.6 Å². The maximum atomic E-state index is 12.6. The number of urea groups is 1. The molecule has 0 aromatic rings. The molecule has 0 aliphatic carbocycles. The molecule has 2 aliphatic rings. The third-order valence-corrected chi connectivity index (χ3v) is 4.43. The molecule has 2 N–H and O–H groups in total. The van der Waals surface area contributed by atoms with Gasteiger partial charge in [-0.1, -0.05) is 0 Å². The van der Waals surface area contributed by atoms with Gasteiger partial charge in [-0.05, 0) is 20.9 Å². The topological polar surface area (TPSA) is 102 Å². The van der Waals surface area contributed by atoms with Crippen LogP contribution >= 0.6 is 0 Å². The van der Waals surface area contributed by atoms with E-state index in [0.717, 1.165) is 4.90 Å². The summed E-state index contributed by atoms with van der Waals surface area (Å²) in [6.45, 7) is 4.80. The Morgan fingerprint density at radius 1 is 1.25 bits per heavy atom. The molecule has 0 unspecified atom stereocenters. The van der Waals surface area contributed by atoms with Crippen LogP contribution < -0.4 is 10.6 Å². The van der Waals surface area contributed by atoms with Gasteiger partial charge in [0.05, 0.1) is 5.92 Å². The average Bonchev–Trinajstić information content (AvgIpc) is 2.68. The summed E-state index contributed by atoms with van der Waals surface area (Å²) in [6.07, 6.45) is 0. The van der Waals surface area contributed by atoms with Gasteiger partial charge in [-0.15, -0.1) is 0 Å². The van der Waals surface area contributed by atoms with Crippen LogP contribution in [-0.2, 0) is 14.4 Å². The number of hydrogen-bond donors (Lipinski definition) is 2. The first-order valence-electron chi connectivity index (χ1n) is 7.97. The maximum absolute atomic E-state index is 12.6. The second-order valence-corrected chi connectivity index (χ2v) is 6.86. The van der Waals surface area contributed by atoms with Gasteiger partial charge in [-0.25, -0.2) is 4.79 Å². The molecule has 2 heterocycles. The molecular formula is C15H25N5O4. The quantitative estimate of drug-likeness (QED) is 0.606. The molecule has 0 aromatic carbocycles. The Bertz CT molecular complexity index is 562. The highest BCUT2D eigenvalue weighted by Gasteiger charge is 2.45.